The smallest absolute Gasteiger partial charge is 0.241 e. The molecule has 2 fully saturated rings. The molecule has 2 unspecified atom stereocenters. The van der Waals surface area contributed by atoms with Gasteiger partial charge in [0.05, 0.1) is 24.1 Å². The van der Waals surface area contributed by atoms with Gasteiger partial charge in [0, 0.05) is 18.3 Å². The van der Waals surface area contributed by atoms with Crippen LogP contribution in [-0.4, -0.2) is 56.2 Å². The van der Waals surface area contributed by atoms with Gasteiger partial charge in [0.1, 0.15) is 0 Å². The highest BCUT2D eigenvalue weighted by atomic mass is 32.2. The van der Waals surface area contributed by atoms with E-state index in [4.69, 9.17) is 9.47 Å². The van der Waals surface area contributed by atoms with Crippen LogP contribution in [0.3, 0.4) is 0 Å². The molecule has 0 saturated carbocycles. The van der Waals surface area contributed by atoms with E-state index in [1.165, 1.54) is 5.56 Å². The van der Waals surface area contributed by atoms with E-state index in [-0.39, 0.29) is 42.8 Å². The second-order valence-electron chi connectivity index (χ2n) is 8.09. The van der Waals surface area contributed by atoms with Crippen LogP contribution < -0.4 is 14.4 Å². The summed E-state index contributed by atoms with van der Waals surface area (Å²) in [5.41, 5.74) is 2.92. The van der Waals surface area contributed by atoms with Gasteiger partial charge in [0.2, 0.25) is 12.7 Å². The minimum Gasteiger partial charge on any atom is -0.454 e. The highest BCUT2D eigenvalue weighted by Gasteiger charge is 2.49. The van der Waals surface area contributed by atoms with E-state index in [2.05, 4.69) is 6.92 Å². The number of rotatable bonds is 4. The minimum absolute atomic E-state index is 0.00340. The van der Waals surface area contributed by atoms with Crippen LogP contribution in [0.4, 0.5) is 5.69 Å². The van der Waals surface area contributed by atoms with E-state index >= 15 is 0 Å². The fraction of sp³-hybridized carbons (Fsp3) is 0.409. The monoisotopic (exact) mass is 428 g/mol. The van der Waals surface area contributed by atoms with Gasteiger partial charge >= 0.3 is 0 Å². The van der Waals surface area contributed by atoms with Crippen LogP contribution in [0.1, 0.15) is 18.1 Å². The number of piperazine rings is 1. The third-order valence-electron chi connectivity index (χ3n) is 6.15. The fourth-order valence-corrected chi connectivity index (χ4v) is 6.61. The second kappa shape index (κ2) is 7.28. The molecule has 2 saturated heterocycles. The van der Waals surface area contributed by atoms with Crippen LogP contribution in [0, 0.1) is 0 Å². The van der Waals surface area contributed by atoms with Crippen molar-refractivity contribution in [3.05, 3.63) is 53.6 Å². The number of carbonyl (C=O) groups is 1. The van der Waals surface area contributed by atoms with Gasteiger partial charge in [0.25, 0.3) is 0 Å². The standard InChI is InChI=1S/C22H24N2O5S/c1-2-15-3-6-17(7-4-15)24-19-13-30(26,27)12-18(19)23(11-22(24)25)10-16-5-8-20-21(9-16)29-14-28-20/h3-9,18-19H,2,10-14H2,1H3. The average Bonchev–Trinajstić information content (AvgIpc) is 3.31. The summed E-state index contributed by atoms with van der Waals surface area (Å²) in [4.78, 5) is 16.8. The summed E-state index contributed by atoms with van der Waals surface area (Å²) >= 11 is 0. The van der Waals surface area contributed by atoms with Crippen molar-refractivity contribution in [2.75, 3.05) is 29.7 Å². The topological polar surface area (TPSA) is 76.2 Å². The molecule has 0 radical (unpaired) electrons. The first-order valence-corrected chi connectivity index (χ1v) is 12.0. The Morgan fingerprint density at radius 2 is 1.67 bits per heavy atom. The molecule has 0 spiro atoms. The number of benzene rings is 2. The van der Waals surface area contributed by atoms with Gasteiger partial charge < -0.3 is 14.4 Å². The lowest BCUT2D eigenvalue weighted by atomic mass is 10.0. The number of aryl methyl sites for hydroxylation is 1. The molecule has 0 bridgehead atoms. The summed E-state index contributed by atoms with van der Waals surface area (Å²) in [5, 5.41) is 0. The first kappa shape index (κ1) is 19.4. The molecule has 5 rings (SSSR count). The summed E-state index contributed by atoms with van der Waals surface area (Å²) < 4.78 is 35.9. The Hall–Kier alpha value is -2.58. The molecule has 0 aromatic heterocycles. The van der Waals surface area contributed by atoms with Crippen LogP contribution in [0.25, 0.3) is 0 Å². The second-order valence-corrected chi connectivity index (χ2v) is 10.2. The fourth-order valence-electron chi connectivity index (χ4n) is 4.63. The van der Waals surface area contributed by atoms with Crippen LogP contribution in [0.15, 0.2) is 42.5 Å². The van der Waals surface area contributed by atoms with E-state index in [0.717, 1.165) is 17.7 Å². The van der Waals surface area contributed by atoms with E-state index in [9.17, 15) is 13.2 Å². The molecule has 2 aromatic carbocycles. The maximum absolute atomic E-state index is 13.1. The number of ether oxygens (including phenoxy) is 2. The molecule has 7 nitrogen and oxygen atoms in total. The molecule has 2 aromatic rings. The lowest BCUT2D eigenvalue weighted by molar-refractivity contribution is -0.123. The van der Waals surface area contributed by atoms with Crippen molar-refractivity contribution in [1.29, 1.82) is 0 Å². The predicted octanol–water partition coefficient (Wildman–Crippen LogP) is 1.99. The molecular weight excluding hydrogens is 404 g/mol. The van der Waals surface area contributed by atoms with Crippen molar-refractivity contribution in [2.45, 2.75) is 32.0 Å². The van der Waals surface area contributed by atoms with Crippen LogP contribution in [0.5, 0.6) is 11.5 Å². The number of hydrogen-bond donors (Lipinski definition) is 0. The van der Waals surface area contributed by atoms with Gasteiger partial charge in [-0.1, -0.05) is 25.1 Å². The number of carbonyl (C=O) groups excluding carboxylic acids is 1. The van der Waals surface area contributed by atoms with Crippen molar-refractivity contribution in [3.63, 3.8) is 0 Å². The van der Waals surface area contributed by atoms with Crippen molar-refractivity contribution < 1.29 is 22.7 Å². The Balaban J connectivity index is 1.44. The van der Waals surface area contributed by atoms with E-state index in [1.54, 1.807) is 4.90 Å². The first-order valence-electron chi connectivity index (χ1n) is 10.2. The lowest BCUT2D eigenvalue weighted by Gasteiger charge is -2.43. The van der Waals surface area contributed by atoms with Gasteiger partial charge in [0.15, 0.2) is 21.3 Å². The molecule has 158 valence electrons. The van der Waals surface area contributed by atoms with E-state index < -0.39 is 9.84 Å². The Labute approximate surface area is 176 Å². The maximum Gasteiger partial charge on any atom is 0.241 e. The summed E-state index contributed by atoms with van der Waals surface area (Å²) in [7, 11) is -3.22. The molecule has 8 heteroatoms. The Bertz CT molecular complexity index is 1080. The molecule has 2 atom stereocenters. The zero-order valence-corrected chi connectivity index (χ0v) is 17.6. The highest BCUT2D eigenvalue weighted by Crippen LogP contribution is 2.35. The third-order valence-corrected chi connectivity index (χ3v) is 7.85. The molecule has 1 amide bonds. The molecule has 0 N–H and O–H groups in total. The number of anilines is 1. The first-order chi connectivity index (χ1) is 14.4. The number of nitrogens with zero attached hydrogens (tertiary/aromatic N) is 2. The molecule has 0 aliphatic carbocycles. The van der Waals surface area contributed by atoms with E-state index in [0.29, 0.717) is 18.0 Å². The lowest BCUT2D eigenvalue weighted by Crippen LogP contribution is -2.61. The normalized spacial score (nSPS) is 24.8. The number of sulfone groups is 1. The zero-order valence-electron chi connectivity index (χ0n) is 16.8. The molecule has 3 aliphatic rings. The van der Waals surface area contributed by atoms with Crippen molar-refractivity contribution in [2.24, 2.45) is 0 Å². The van der Waals surface area contributed by atoms with Crippen molar-refractivity contribution in [3.8, 4) is 11.5 Å². The predicted molar refractivity (Wildman–Crippen MR) is 113 cm³/mol. The molecule has 3 aliphatic heterocycles. The maximum atomic E-state index is 13.1. The Kier molecular flexibility index (Phi) is 4.71. The highest BCUT2D eigenvalue weighted by molar-refractivity contribution is 7.91. The summed E-state index contributed by atoms with van der Waals surface area (Å²) in [6.45, 7) is 2.95. The Morgan fingerprint density at radius 1 is 0.967 bits per heavy atom. The van der Waals surface area contributed by atoms with Crippen LogP contribution in [-0.2, 0) is 27.6 Å². The van der Waals surface area contributed by atoms with Gasteiger partial charge in [-0.05, 0) is 41.8 Å². The Morgan fingerprint density at radius 3 is 2.43 bits per heavy atom. The minimum atomic E-state index is -3.22. The van der Waals surface area contributed by atoms with Gasteiger partial charge in [-0.2, -0.15) is 0 Å². The third kappa shape index (κ3) is 3.44. The van der Waals surface area contributed by atoms with Crippen molar-refractivity contribution >= 4 is 21.4 Å². The molecular formula is C22H24N2O5S. The number of fused-ring (bicyclic) bond motifs is 2. The summed E-state index contributed by atoms with van der Waals surface area (Å²) in [5.74, 6) is 1.38. The van der Waals surface area contributed by atoms with Crippen molar-refractivity contribution in [1.82, 2.24) is 4.90 Å². The largest absolute Gasteiger partial charge is 0.454 e. The molecule has 30 heavy (non-hydrogen) atoms. The summed E-state index contributed by atoms with van der Waals surface area (Å²) in [6, 6.07) is 12.9. The van der Waals surface area contributed by atoms with Crippen LogP contribution in [0.2, 0.25) is 0 Å². The number of hydrogen-bond acceptors (Lipinski definition) is 6. The van der Waals surface area contributed by atoms with Gasteiger partial charge in [-0.3, -0.25) is 9.69 Å². The number of amides is 1. The quantitative estimate of drug-likeness (QED) is 0.741. The van der Waals surface area contributed by atoms with Gasteiger partial charge in [-0.25, -0.2) is 8.42 Å². The zero-order chi connectivity index (χ0) is 20.9. The molecule has 3 heterocycles. The van der Waals surface area contributed by atoms with Gasteiger partial charge in [-0.15, -0.1) is 0 Å². The average molecular weight is 429 g/mol. The SMILES string of the molecule is CCc1ccc(N2C(=O)CN(Cc3ccc4c(c3)OCO4)C3CS(=O)(=O)CC32)cc1. The van der Waals surface area contributed by atoms with E-state index in [1.807, 2.05) is 47.4 Å². The summed E-state index contributed by atoms with van der Waals surface area (Å²) in [6.07, 6.45) is 0.915. The van der Waals surface area contributed by atoms with Crippen LogP contribution >= 0.6 is 0 Å².